The summed E-state index contributed by atoms with van der Waals surface area (Å²) in [5.74, 6) is -0.501. The molecule has 0 saturated heterocycles. The molecule has 1 N–H and O–H groups in total. The van der Waals surface area contributed by atoms with E-state index in [1.54, 1.807) is 6.07 Å². The van der Waals surface area contributed by atoms with Crippen molar-refractivity contribution in [3.05, 3.63) is 84.7 Å². The summed E-state index contributed by atoms with van der Waals surface area (Å²) in [4.78, 5) is 25.7. The first kappa shape index (κ1) is 20.1. The Balaban J connectivity index is 1.55. The first-order valence-corrected chi connectivity index (χ1v) is 9.09. The van der Waals surface area contributed by atoms with Crippen LogP contribution in [0.4, 0.5) is 10.1 Å². The Morgan fingerprint density at radius 2 is 1.59 bits per heavy atom. The molecule has 0 aromatic heterocycles. The first-order chi connectivity index (χ1) is 14.0. The maximum absolute atomic E-state index is 12.9. The Bertz CT molecular complexity index is 975. The average molecular weight is 392 g/mol. The van der Waals surface area contributed by atoms with Gasteiger partial charge >= 0.3 is 0 Å². The van der Waals surface area contributed by atoms with Crippen LogP contribution in [-0.2, 0) is 9.59 Å². The van der Waals surface area contributed by atoms with Gasteiger partial charge in [-0.3, -0.25) is 9.59 Å². The second-order valence-corrected chi connectivity index (χ2v) is 6.46. The quantitative estimate of drug-likeness (QED) is 0.662. The fourth-order valence-corrected chi connectivity index (χ4v) is 2.74. The molecule has 0 bridgehead atoms. The van der Waals surface area contributed by atoms with Gasteiger partial charge in [0.05, 0.1) is 6.54 Å². The Morgan fingerprint density at radius 1 is 0.931 bits per heavy atom. The summed E-state index contributed by atoms with van der Waals surface area (Å²) < 4.78 is 18.6. The van der Waals surface area contributed by atoms with Crippen LogP contribution in [0.3, 0.4) is 0 Å². The normalized spacial score (nSPS) is 10.3. The number of nitrogens with zero attached hydrogens (tertiary/aromatic N) is 1. The molecule has 3 rings (SSSR count). The highest BCUT2D eigenvalue weighted by Crippen LogP contribution is 2.29. The maximum atomic E-state index is 12.9. The highest BCUT2D eigenvalue weighted by Gasteiger charge is 2.15. The van der Waals surface area contributed by atoms with Crippen LogP contribution in [-0.4, -0.2) is 36.9 Å². The smallest absolute Gasteiger partial charge is 0.260 e. The van der Waals surface area contributed by atoms with Gasteiger partial charge in [-0.05, 0) is 35.9 Å². The van der Waals surface area contributed by atoms with Crippen LogP contribution < -0.4 is 10.1 Å². The van der Waals surface area contributed by atoms with Gasteiger partial charge < -0.3 is 15.0 Å². The van der Waals surface area contributed by atoms with E-state index < -0.39 is 0 Å². The molecule has 3 aromatic carbocycles. The van der Waals surface area contributed by atoms with E-state index in [1.165, 1.54) is 36.2 Å². The number of hydrogen-bond acceptors (Lipinski definition) is 3. The number of para-hydroxylation sites is 1. The fourth-order valence-electron chi connectivity index (χ4n) is 2.74. The van der Waals surface area contributed by atoms with Gasteiger partial charge in [-0.2, -0.15) is 0 Å². The standard InChI is InChI=1S/C23H21FN2O3/c1-26(15-22(27)25-19-13-11-18(24)12-14-19)23(28)16-29-21-10-6-5-9-20(21)17-7-3-2-4-8-17/h2-14H,15-16H2,1H3,(H,25,27). The summed E-state index contributed by atoms with van der Waals surface area (Å²) >= 11 is 0. The minimum absolute atomic E-state index is 0.139. The van der Waals surface area contributed by atoms with E-state index >= 15 is 0 Å². The molecule has 0 fully saturated rings. The third-order valence-corrected chi connectivity index (χ3v) is 4.26. The van der Waals surface area contributed by atoms with Crippen LogP contribution in [0, 0.1) is 5.82 Å². The van der Waals surface area contributed by atoms with Crippen molar-refractivity contribution >= 4 is 17.5 Å². The zero-order chi connectivity index (χ0) is 20.6. The van der Waals surface area contributed by atoms with Crippen molar-refractivity contribution < 1.29 is 18.7 Å². The number of hydrogen-bond donors (Lipinski definition) is 1. The monoisotopic (exact) mass is 392 g/mol. The zero-order valence-electron chi connectivity index (χ0n) is 16.0. The van der Waals surface area contributed by atoms with Crippen molar-refractivity contribution in [2.45, 2.75) is 0 Å². The van der Waals surface area contributed by atoms with E-state index in [4.69, 9.17) is 4.74 Å². The highest BCUT2D eigenvalue weighted by atomic mass is 19.1. The Kier molecular flexibility index (Phi) is 6.58. The Hall–Kier alpha value is -3.67. The molecule has 2 amide bonds. The van der Waals surface area contributed by atoms with Crippen molar-refractivity contribution in [3.8, 4) is 16.9 Å². The number of halogens is 1. The minimum atomic E-state index is -0.386. The number of nitrogens with one attached hydrogen (secondary N) is 1. The van der Waals surface area contributed by atoms with Gasteiger partial charge in [-0.25, -0.2) is 4.39 Å². The van der Waals surface area contributed by atoms with Gasteiger partial charge in [0.1, 0.15) is 11.6 Å². The summed E-state index contributed by atoms with van der Waals surface area (Å²) in [5, 5.41) is 2.62. The van der Waals surface area contributed by atoms with E-state index in [0.717, 1.165) is 11.1 Å². The molecular formula is C23H21FN2O3. The number of carbonyl (C=O) groups excluding carboxylic acids is 2. The lowest BCUT2D eigenvalue weighted by Gasteiger charge is -2.18. The Morgan fingerprint density at radius 3 is 2.31 bits per heavy atom. The molecule has 3 aromatic rings. The van der Waals surface area contributed by atoms with Crippen LogP contribution in [0.5, 0.6) is 5.75 Å². The van der Waals surface area contributed by atoms with E-state index in [1.807, 2.05) is 48.5 Å². The summed E-state index contributed by atoms with van der Waals surface area (Å²) in [5.41, 5.74) is 2.34. The molecule has 0 atom stereocenters. The Labute approximate surface area is 168 Å². The third-order valence-electron chi connectivity index (χ3n) is 4.26. The summed E-state index contributed by atoms with van der Waals surface area (Å²) in [6, 6.07) is 22.6. The molecule has 0 saturated carbocycles. The molecule has 0 radical (unpaired) electrons. The van der Waals surface area contributed by atoms with Crippen molar-refractivity contribution in [3.63, 3.8) is 0 Å². The molecular weight excluding hydrogens is 371 g/mol. The van der Waals surface area contributed by atoms with Crippen LogP contribution in [0.2, 0.25) is 0 Å². The lowest BCUT2D eigenvalue weighted by Crippen LogP contribution is -2.37. The molecule has 0 heterocycles. The fraction of sp³-hybridized carbons (Fsp3) is 0.130. The average Bonchev–Trinajstić information content (AvgIpc) is 2.74. The van der Waals surface area contributed by atoms with Gasteiger partial charge in [0, 0.05) is 18.3 Å². The topological polar surface area (TPSA) is 58.6 Å². The second kappa shape index (κ2) is 9.50. The van der Waals surface area contributed by atoms with E-state index in [9.17, 15) is 14.0 Å². The summed E-state index contributed by atoms with van der Waals surface area (Å²) in [6.45, 7) is -0.329. The number of likely N-dealkylation sites (N-methyl/N-ethyl adjacent to an activating group) is 1. The zero-order valence-corrected chi connectivity index (χ0v) is 16.0. The molecule has 0 aliphatic rings. The van der Waals surface area contributed by atoms with Crippen molar-refractivity contribution in [1.82, 2.24) is 4.90 Å². The van der Waals surface area contributed by atoms with Gasteiger partial charge in [0.25, 0.3) is 5.91 Å². The van der Waals surface area contributed by atoms with Gasteiger partial charge in [-0.15, -0.1) is 0 Å². The molecule has 29 heavy (non-hydrogen) atoms. The van der Waals surface area contributed by atoms with Gasteiger partial charge in [0.2, 0.25) is 5.91 Å². The van der Waals surface area contributed by atoms with Crippen molar-refractivity contribution in [2.24, 2.45) is 0 Å². The lowest BCUT2D eigenvalue weighted by atomic mass is 10.1. The van der Waals surface area contributed by atoms with Crippen LogP contribution in [0.1, 0.15) is 0 Å². The largest absolute Gasteiger partial charge is 0.483 e. The van der Waals surface area contributed by atoms with E-state index in [2.05, 4.69) is 5.32 Å². The molecule has 0 spiro atoms. The molecule has 148 valence electrons. The number of benzene rings is 3. The molecule has 0 unspecified atom stereocenters. The summed E-state index contributed by atoms with van der Waals surface area (Å²) in [6.07, 6.45) is 0. The number of amides is 2. The second-order valence-electron chi connectivity index (χ2n) is 6.46. The lowest BCUT2D eigenvalue weighted by molar-refractivity contribution is -0.135. The number of rotatable bonds is 7. The predicted molar refractivity (Wildman–Crippen MR) is 110 cm³/mol. The highest BCUT2D eigenvalue weighted by molar-refractivity contribution is 5.94. The van der Waals surface area contributed by atoms with Crippen LogP contribution in [0.25, 0.3) is 11.1 Å². The van der Waals surface area contributed by atoms with Gasteiger partial charge in [-0.1, -0.05) is 48.5 Å². The van der Waals surface area contributed by atoms with E-state index in [-0.39, 0.29) is 30.8 Å². The molecule has 6 heteroatoms. The summed E-state index contributed by atoms with van der Waals surface area (Å²) in [7, 11) is 1.53. The van der Waals surface area contributed by atoms with Crippen molar-refractivity contribution in [1.29, 1.82) is 0 Å². The van der Waals surface area contributed by atoms with Gasteiger partial charge in [0.15, 0.2) is 6.61 Å². The van der Waals surface area contributed by atoms with E-state index in [0.29, 0.717) is 11.4 Å². The maximum Gasteiger partial charge on any atom is 0.260 e. The number of anilines is 1. The molecule has 5 nitrogen and oxygen atoms in total. The molecule has 0 aliphatic heterocycles. The number of ether oxygens (including phenoxy) is 1. The van der Waals surface area contributed by atoms with Crippen LogP contribution in [0.15, 0.2) is 78.9 Å². The van der Waals surface area contributed by atoms with Crippen molar-refractivity contribution in [2.75, 3.05) is 25.5 Å². The minimum Gasteiger partial charge on any atom is -0.483 e. The SMILES string of the molecule is CN(CC(=O)Nc1ccc(F)cc1)C(=O)COc1ccccc1-c1ccccc1. The first-order valence-electron chi connectivity index (χ1n) is 9.09. The third kappa shape index (κ3) is 5.65. The predicted octanol–water partition coefficient (Wildman–Crippen LogP) is 3.97. The van der Waals surface area contributed by atoms with Crippen LogP contribution >= 0.6 is 0 Å². The number of carbonyl (C=O) groups is 2. The molecule has 0 aliphatic carbocycles.